The van der Waals surface area contributed by atoms with Gasteiger partial charge >= 0.3 is 0 Å². The highest BCUT2D eigenvalue weighted by atomic mass is 35.5. The van der Waals surface area contributed by atoms with Crippen molar-refractivity contribution in [2.24, 2.45) is 0 Å². The zero-order valence-corrected chi connectivity index (χ0v) is 12.1. The summed E-state index contributed by atoms with van der Waals surface area (Å²) in [7, 11) is 0. The fraction of sp³-hybridized carbons (Fsp3) is 0.200. The first-order valence-corrected chi connectivity index (χ1v) is 6.79. The van der Waals surface area contributed by atoms with Gasteiger partial charge in [0, 0.05) is 12.1 Å². The van der Waals surface area contributed by atoms with Crippen LogP contribution in [0.25, 0.3) is 0 Å². The molecule has 21 heavy (non-hydrogen) atoms. The molecule has 0 aliphatic rings. The van der Waals surface area contributed by atoms with E-state index in [1.54, 1.807) is 24.3 Å². The van der Waals surface area contributed by atoms with E-state index in [0.29, 0.717) is 17.9 Å². The van der Waals surface area contributed by atoms with Gasteiger partial charge in [0.15, 0.2) is 0 Å². The van der Waals surface area contributed by atoms with Crippen molar-refractivity contribution in [1.29, 1.82) is 0 Å². The first kappa shape index (κ1) is 15.3. The second-order valence-electron chi connectivity index (χ2n) is 4.47. The van der Waals surface area contributed by atoms with Gasteiger partial charge in [-0.15, -0.1) is 0 Å². The zero-order chi connectivity index (χ0) is 15.4. The van der Waals surface area contributed by atoms with Crippen LogP contribution in [0.5, 0.6) is 11.5 Å². The van der Waals surface area contributed by atoms with Crippen molar-refractivity contribution in [1.82, 2.24) is 0 Å². The van der Waals surface area contributed by atoms with Crippen molar-refractivity contribution in [2.75, 3.05) is 0 Å². The zero-order valence-electron chi connectivity index (χ0n) is 11.3. The molecule has 110 valence electrons. The molecule has 0 aliphatic carbocycles. The molecule has 1 atom stereocenters. The molecule has 5 nitrogen and oxygen atoms in total. The number of hydrogen-bond acceptors (Lipinski definition) is 4. The number of benzene rings is 2. The fourth-order valence-corrected chi connectivity index (χ4v) is 2.07. The monoisotopic (exact) mass is 307 g/mol. The minimum Gasteiger partial charge on any atom is -0.457 e. The highest BCUT2D eigenvalue weighted by Gasteiger charge is 2.13. The van der Waals surface area contributed by atoms with Crippen molar-refractivity contribution >= 4 is 17.3 Å². The molecule has 0 saturated heterocycles. The molecule has 0 bridgehead atoms. The van der Waals surface area contributed by atoms with E-state index in [0.717, 1.165) is 5.56 Å². The van der Waals surface area contributed by atoms with E-state index in [1.165, 1.54) is 18.2 Å². The first-order valence-electron chi connectivity index (χ1n) is 6.41. The van der Waals surface area contributed by atoms with Crippen LogP contribution in [0.15, 0.2) is 42.5 Å². The van der Waals surface area contributed by atoms with E-state index in [1.807, 2.05) is 6.92 Å². The van der Waals surface area contributed by atoms with Crippen molar-refractivity contribution in [3.63, 3.8) is 0 Å². The molecule has 2 rings (SSSR count). The quantitative estimate of drug-likeness (QED) is 0.652. The molecule has 2 aromatic carbocycles. The fourth-order valence-electron chi connectivity index (χ4n) is 1.83. The minimum absolute atomic E-state index is 0.0236. The van der Waals surface area contributed by atoms with Crippen LogP contribution >= 0.6 is 11.6 Å². The van der Waals surface area contributed by atoms with Gasteiger partial charge in [-0.2, -0.15) is 0 Å². The maximum Gasteiger partial charge on any atom is 0.288 e. The number of halogens is 1. The Morgan fingerprint density at radius 3 is 2.38 bits per heavy atom. The van der Waals surface area contributed by atoms with Crippen molar-refractivity contribution in [2.45, 2.75) is 19.4 Å². The molecule has 6 heteroatoms. The van der Waals surface area contributed by atoms with Gasteiger partial charge in [-0.25, -0.2) is 0 Å². The Kier molecular flexibility index (Phi) is 4.77. The smallest absolute Gasteiger partial charge is 0.288 e. The lowest BCUT2D eigenvalue weighted by Crippen LogP contribution is -1.94. The van der Waals surface area contributed by atoms with Crippen molar-refractivity contribution < 1.29 is 14.8 Å². The molecule has 0 heterocycles. The third kappa shape index (κ3) is 3.71. The number of nitro groups is 1. The number of nitro benzene ring substituents is 1. The number of aliphatic hydroxyl groups is 1. The Balaban J connectivity index is 2.15. The van der Waals surface area contributed by atoms with Crippen LogP contribution in [0.1, 0.15) is 25.0 Å². The standard InChI is InChI=1S/C15H14ClNO4/c1-2-15(18)10-3-5-11(6-4-10)21-12-7-8-14(17(19)20)13(16)9-12/h3-9,15,18H,2H2,1H3/t15-/m1/s1. The predicted octanol–water partition coefficient (Wildman–Crippen LogP) is 4.48. The summed E-state index contributed by atoms with van der Waals surface area (Å²) in [5.41, 5.74) is 0.650. The maximum absolute atomic E-state index is 10.7. The molecule has 0 amide bonds. The normalized spacial score (nSPS) is 12.0. The second-order valence-corrected chi connectivity index (χ2v) is 4.87. The first-order chi connectivity index (χ1) is 10.0. The number of ether oxygens (including phenoxy) is 1. The largest absolute Gasteiger partial charge is 0.457 e. The summed E-state index contributed by atoms with van der Waals surface area (Å²) in [6.45, 7) is 1.90. The third-order valence-electron chi connectivity index (χ3n) is 3.00. The summed E-state index contributed by atoms with van der Waals surface area (Å²) in [6.07, 6.45) is 0.144. The van der Waals surface area contributed by atoms with Crippen LogP contribution < -0.4 is 4.74 Å². The number of aliphatic hydroxyl groups excluding tert-OH is 1. The molecule has 0 spiro atoms. The Hall–Kier alpha value is -2.11. The molecule has 0 aliphatic heterocycles. The predicted molar refractivity (Wildman–Crippen MR) is 79.9 cm³/mol. The van der Waals surface area contributed by atoms with E-state index >= 15 is 0 Å². The summed E-state index contributed by atoms with van der Waals surface area (Å²) in [4.78, 5) is 10.1. The summed E-state index contributed by atoms with van der Waals surface area (Å²) in [5, 5.41) is 20.4. The molecule has 0 aromatic heterocycles. The summed E-state index contributed by atoms with van der Waals surface area (Å²) in [6, 6.07) is 11.2. The molecule has 0 saturated carbocycles. The van der Waals surface area contributed by atoms with Gasteiger partial charge in [0.1, 0.15) is 16.5 Å². The highest BCUT2D eigenvalue weighted by Crippen LogP contribution is 2.31. The lowest BCUT2D eigenvalue weighted by atomic mass is 10.1. The number of hydrogen-bond donors (Lipinski definition) is 1. The SMILES string of the molecule is CC[C@@H](O)c1ccc(Oc2ccc([N+](=O)[O-])c(Cl)c2)cc1. The average molecular weight is 308 g/mol. The van der Waals surface area contributed by atoms with Gasteiger partial charge in [-0.05, 0) is 30.2 Å². The Bertz CT molecular complexity index is 643. The van der Waals surface area contributed by atoms with Crippen LogP contribution in [0.3, 0.4) is 0 Å². The van der Waals surface area contributed by atoms with Gasteiger partial charge in [-0.1, -0.05) is 30.7 Å². The summed E-state index contributed by atoms with van der Waals surface area (Å²) >= 11 is 5.82. The van der Waals surface area contributed by atoms with Crippen molar-refractivity contribution in [3.8, 4) is 11.5 Å². The van der Waals surface area contributed by atoms with Crippen LogP contribution in [-0.2, 0) is 0 Å². The van der Waals surface area contributed by atoms with Gasteiger partial charge in [0.2, 0.25) is 0 Å². The molecule has 2 aromatic rings. The molecule has 0 fully saturated rings. The lowest BCUT2D eigenvalue weighted by molar-refractivity contribution is -0.384. The molecule has 1 N–H and O–H groups in total. The molecular weight excluding hydrogens is 294 g/mol. The van der Waals surface area contributed by atoms with Crippen LogP contribution in [0, 0.1) is 10.1 Å². The molecule has 0 unspecified atom stereocenters. The molecule has 0 radical (unpaired) electrons. The van der Waals surface area contributed by atoms with E-state index in [4.69, 9.17) is 16.3 Å². The van der Waals surface area contributed by atoms with E-state index in [-0.39, 0.29) is 10.7 Å². The van der Waals surface area contributed by atoms with E-state index < -0.39 is 11.0 Å². The van der Waals surface area contributed by atoms with Crippen LogP contribution in [-0.4, -0.2) is 10.0 Å². The number of rotatable bonds is 5. The number of nitrogens with zero attached hydrogens (tertiary/aromatic N) is 1. The van der Waals surface area contributed by atoms with Gasteiger partial charge in [-0.3, -0.25) is 10.1 Å². The maximum atomic E-state index is 10.7. The topological polar surface area (TPSA) is 72.6 Å². The van der Waals surface area contributed by atoms with Crippen LogP contribution in [0.4, 0.5) is 5.69 Å². The van der Waals surface area contributed by atoms with Gasteiger partial charge in [0.05, 0.1) is 11.0 Å². The third-order valence-corrected chi connectivity index (χ3v) is 3.31. The summed E-state index contributed by atoms with van der Waals surface area (Å²) < 4.78 is 5.57. The lowest BCUT2D eigenvalue weighted by Gasteiger charge is -2.10. The average Bonchev–Trinajstić information content (AvgIpc) is 2.47. The van der Waals surface area contributed by atoms with Gasteiger partial charge in [0.25, 0.3) is 5.69 Å². The van der Waals surface area contributed by atoms with E-state index in [9.17, 15) is 15.2 Å². The summed E-state index contributed by atoms with van der Waals surface area (Å²) in [5.74, 6) is 0.973. The van der Waals surface area contributed by atoms with E-state index in [2.05, 4.69) is 0 Å². The van der Waals surface area contributed by atoms with Crippen LogP contribution in [0.2, 0.25) is 5.02 Å². The highest BCUT2D eigenvalue weighted by molar-refractivity contribution is 6.32. The second kappa shape index (κ2) is 6.56. The Labute approximate surface area is 126 Å². The molecular formula is C15H14ClNO4. The van der Waals surface area contributed by atoms with Crippen molar-refractivity contribution in [3.05, 3.63) is 63.2 Å². The Morgan fingerprint density at radius 2 is 1.86 bits per heavy atom. The Morgan fingerprint density at radius 1 is 1.24 bits per heavy atom. The van der Waals surface area contributed by atoms with Gasteiger partial charge < -0.3 is 9.84 Å². The minimum atomic E-state index is -0.549.